The van der Waals surface area contributed by atoms with Crippen LogP contribution in [-0.4, -0.2) is 34.2 Å². The molecule has 1 N–H and O–H groups in total. The van der Waals surface area contributed by atoms with Gasteiger partial charge in [0.1, 0.15) is 5.00 Å². The third-order valence-corrected chi connectivity index (χ3v) is 4.39. The lowest BCUT2D eigenvalue weighted by molar-refractivity contribution is -0.142. The molecular weight excluding hydrogens is 286 g/mol. The van der Waals surface area contributed by atoms with Crippen molar-refractivity contribution in [3.8, 4) is 0 Å². The molecule has 0 bridgehead atoms. The first-order valence-electron chi connectivity index (χ1n) is 7.31. The number of nitrogens with zero attached hydrogens (tertiary/aromatic N) is 2. The molecule has 1 aliphatic heterocycles. The monoisotopic (exact) mass is 309 g/mol. The van der Waals surface area contributed by atoms with Gasteiger partial charge in [0.25, 0.3) is 0 Å². The van der Waals surface area contributed by atoms with Gasteiger partial charge in [0, 0.05) is 18.5 Å². The first kappa shape index (κ1) is 15.9. The number of carbonyl (C=O) groups excluding carboxylic acids is 2. The highest BCUT2D eigenvalue weighted by molar-refractivity contribution is 7.10. The van der Waals surface area contributed by atoms with Gasteiger partial charge in [-0.15, -0.1) is 0 Å². The Hall–Kier alpha value is -1.43. The summed E-state index contributed by atoms with van der Waals surface area (Å²) < 4.78 is 4.15. The number of aryl methyl sites for hydroxylation is 1. The van der Waals surface area contributed by atoms with E-state index in [4.69, 9.17) is 0 Å². The van der Waals surface area contributed by atoms with Crippen LogP contribution in [0.2, 0.25) is 0 Å². The zero-order chi connectivity index (χ0) is 15.6. The Bertz CT molecular complexity index is 533. The highest BCUT2D eigenvalue weighted by atomic mass is 32.1. The van der Waals surface area contributed by atoms with E-state index >= 15 is 0 Å². The Labute approximate surface area is 129 Å². The predicted octanol–water partition coefficient (Wildman–Crippen LogP) is 2.67. The number of hydrogen-bond donors (Lipinski definition) is 1. The van der Waals surface area contributed by atoms with Crippen LogP contribution >= 0.6 is 11.5 Å². The number of rotatable bonds is 2. The lowest BCUT2D eigenvalue weighted by atomic mass is 9.91. The minimum absolute atomic E-state index is 0.00920. The van der Waals surface area contributed by atoms with E-state index < -0.39 is 5.41 Å². The normalized spacial score (nSPS) is 19.4. The molecule has 0 aromatic carbocycles. The van der Waals surface area contributed by atoms with Crippen molar-refractivity contribution in [3.05, 3.63) is 11.8 Å². The smallest absolute Gasteiger partial charge is 0.229 e. The molecule has 0 saturated carbocycles. The maximum Gasteiger partial charge on any atom is 0.229 e. The van der Waals surface area contributed by atoms with Crippen LogP contribution in [0.5, 0.6) is 0 Å². The molecule has 21 heavy (non-hydrogen) atoms. The molecule has 1 atom stereocenters. The molecule has 2 amide bonds. The average Bonchev–Trinajstić information content (AvgIpc) is 2.82. The maximum absolute atomic E-state index is 12.3. The molecule has 5 nitrogen and oxygen atoms in total. The lowest BCUT2D eigenvalue weighted by Crippen LogP contribution is -2.47. The van der Waals surface area contributed by atoms with Crippen molar-refractivity contribution >= 4 is 28.3 Å². The van der Waals surface area contributed by atoms with Crippen LogP contribution in [0.1, 0.15) is 39.3 Å². The van der Waals surface area contributed by atoms with E-state index in [2.05, 4.69) is 9.69 Å². The van der Waals surface area contributed by atoms with Gasteiger partial charge in [-0.3, -0.25) is 9.59 Å². The van der Waals surface area contributed by atoms with Crippen molar-refractivity contribution in [2.45, 2.75) is 40.5 Å². The fourth-order valence-electron chi connectivity index (χ4n) is 2.50. The molecule has 116 valence electrons. The Balaban J connectivity index is 1.97. The van der Waals surface area contributed by atoms with Crippen LogP contribution in [0.4, 0.5) is 5.00 Å². The minimum atomic E-state index is -0.396. The summed E-state index contributed by atoms with van der Waals surface area (Å²) in [6.07, 6.45) is 1.71. The van der Waals surface area contributed by atoms with Crippen molar-refractivity contribution in [2.24, 2.45) is 11.3 Å². The Morgan fingerprint density at radius 1 is 1.43 bits per heavy atom. The van der Waals surface area contributed by atoms with Crippen LogP contribution < -0.4 is 5.32 Å². The van der Waals surface area contributed by atoms with E-state index in [0.717, 1.165) is 30.1 Å². The number of aromatic nitrogens is 1. The zero-order valence-electron chi connectivity index (χ0n) is 13.1. The molecule has 2 heterocycles. The van der Waals surface area contributed by atoms with Crippen LogP contribution in [-0.2, 0) is 9.59 Å². The standard InChI is InChI=1S/C15H23N3O2S/c1-10-8-12(21-17-10)16-13(19)11-6-5-7-18(9-11)14(20)15(2,3)4/h8,11H,5-7,9H2,1-4H3,(H,16,19)/t11-/m0/s1. The number of piperidine rings is 1. The van der Waals surface area contributed by atoms with Crippen molar-refractivity contribution in [1.82, 2.24) is 9.27 Å². The summed E-state index contributed by atoms with van der Waals surface area (Å²) in [7, 11) is 0. The van der Waals surface area contributed by atoms with Gasteiger partial charge in [-0.2, -0.15) is 4.37 Å². The highest BCUT2D eigenvalue weighted by Crippen LogP contribution is 2.25. The first-order valence-corrected chi connectivity index (χ1v) is 8.08. The number of likely N-dealkylation sites (tertiary alicyclic amines) is 1. The van der Waals surface area contributed by atoms with Gasteiger partial charge in [-0.05, 0) is 37.4 Å². The second-order valence-electron chi connectivity index (χ2n) is 6.66. The average molecular weight is 309 g/mol. The second kappa shape index (κ2) is 6.13. The maximum atomic E-state index is 12.3. The van der Waals surface area contributed by atoms with Crippen molar-refractivity contribution < 1.29 is 9.59 Å². The lowest BCUT2D eigenvalue weighted by Gasteiger charge is -2.35. The topological polar surface area (TPSA) is 62.3 Å². The van der Waals surface area contributed by atoms with E-state index in [-0.39, 0.29) is 17.7 Å². The van der Waals surface area contributed by atoms with Gasteiger partial charge >= 0.3 is 0 Å². The number of carbonyl (C=O) groups is 2. The van der Waals surface area contributed by atoms with Crippen LogP contribution in [0.15, 0.2) is 6.07 Å². The molecule has 0 aliphatic carbocycles. The number of hydrogen-bond acceptors (Lipinski definition) is 4. The van der Waals surface area contributed by atoms with Crippen molar-refractivity contribution in [1.29, 1.82) is 0 Å². The Kier molecular flexibility index (Phi) is 4.66. The third kappa shape index (κ3) is 4.03. The number of anilines is 1. The summed E-state index contributed by atoms with van der Waals surface area (Å²) in [5, 5.41) is 3.68. The van der Waals surface area contributed by atoms with Crippen LogP contribution in [0, 0.1) is 18.3 Å². The molecule has 0 unspecified atom stereocenters. The quantitative estimate of drug-likeness (QED) is 0.913. The minimum Gasteiger partial charge on any atom is -0.341 e. The molecule has 1 aromatic heterocycles. The SMILES string of the molecule is Cc1cc(NC(=O)[C@H]2CCCN(C(=O)C(C)(C)C)C2)sn1. The summed E-state index contributed by atoms with van der Waals surface area (Å²) in [4.78, 5) is 26.5. The number of amides is 2. The molecule has 1 saturated heterocycles. The molecule has 1 fully saturated rings. The summed E-state index contributed by atoms with van der Waals surface area (Å²) in [6, 6.07) is 1.86. The molecular formula is C15H23N3O2S. The third-order valence-electron chi connectivity index (χ3n) is 3.60. The summed E-state index contributed by atoms with van der Waals surface area (Å²) >= 11 is 1.29. The van der Waals surface area contributed by atoms with Crippen molar-refractivity contribution in [2.75, 3.05) is 18.4 Å². The predicted molar refractivity (Wildman–Crippen MR) is 84.2 cm³/mol. The summed E-state index contributed by atoms with van der Waals surface area (Å²) in [5.41, 5.74) is 0.510. The van der Waals surface area contributed by atoms with Crippen LogP contribution in [0.25, 0.3) is 0 Å². The summed E-state index contributed by atoms with van der Waals surface area (Å²) in [5.74, 6) is -0.0221. The van der Waals surface area contributed by atoms with Gasteiger partial charge in [-0.25, -0.2) is 0 Å². The largest absolute Gasteiger partial charge is 0.341 e. The van der Waals surface area contributed by atoms with Gasteiger partial charge in [-0.1, -0.05) is 20.8 Å². The molecule has 1 aliphatic rings. The van der Waals surface area contributed by atoms with Gasteiger partial charge < -0.3 is 10.2 Å². The molecule has 0 spiro atoms. The van der Waals surface area contributed by atoms with E-state index in [1.54, 1.807) is 0 Å². The fourth-order valence-corrected chi connectivity index (χ4v) is 3.16. The Morgan fingerprint density at radius 3 is 2.71 bits per heavy atom. The summed E-state index contributed by atoms with van der Waals surface area (Å²) in [6.45, 7) is 8.91. The number of nitrogens with one attached hydrogen (secondary N) is 1. The van der Waals surface area contributed by atoms with E-state index in [1.165, 1.54) is 11.5 Å². The molecule has 1 aromatic rings. The fraction of sp³-hybridized carbons (Fsp3) is 0.667. The van der Waals surface area contributed by atoms with Crippen molar-refractivity contribution in [3.63, 3.8) is 0 Å². The molecule has 6 heteroatoms. The van der Waals surface area contributed by atoms with Gasteiger partial charge in [0.2, 0.25) is 11.8 Å². The molecule has 0 radical (unpaired) electrons. The Morgan fingerprint density at radius 2 is 2.14 bits per heavy atom. The highest BCUT2D eigenvalue weighted by Gasteiger charge is 2.33. The van der Waals surface area contributed by atoms with Crippen LogP contribution in [0.3, 0.4) is 0 Å². The molecule has 2 rings (SSSR count). The van der Waals surface area contributed by atoms with E-state index in [1.807, 2.05) is 38.7 Å². The second-order valence-corrected chi connectivity index (χ2v) is 7.47. The first-order chi connectivity index (χ1) is 9.77. The van der Waals surface area contributed by atoms with Gasteiger partial charge in [0.15, 0.2) is 0 Å². The van der Waals surface area contributed by atoms with E-state index in [9.17, 15) is 9.59 Å². The zero-order valence-corrected chi connectivity index (χ0v) is 13.9. The van der Waals surface area contributed by atoms with Gasteiger partial charge in [0.05, 0.1) is 11.6 Å². The van der Waals surface area contributed by atoms with E-state index in [0.29, 0.717) is 6.54 Å².